The number of aryl methyl sites for hydroxylation is 1. The van der Waals surface area contributed by atoms with Crippen LogP contribution in [-0.2, 0) is 21.1 Å². The van der Waals surface area contributed by atoms with Crippen molar-refractivity contribution in [2.24, 2.45) is 5.92 Å². The van der Waals surface area contributed by atoms with Crippen LogP contribution in [0, 0.1) is 5.92 Å². The maximum Gasteiger partial charge on any atom is 0.247 e. The zero-order chi connectivity index (χ0) is 23.0. The fraction of sp³-hybridized carbons (Fsp3) is 0.208. The van der Waals surface area contributed by atoms with Gasteiger partial charge in [0.15, 0.2) is 9.84 Å². The van der Waals surface area contributed by atoms with Crippen molar-refractivity contribution in [3.8, 4) is 0 Å². The molecule has 1 amide bonds. The van der Waals surface area contributed by atoms with Crippen LogP contribution in [0.3, 0.4) is 0 Å². The molecule has 166 valence electrons. The van der Waals surface area contributed by atoms with Gasteiger partial charge >= 0.3 is 0 Å². The highest BCUT2D eigenvalue weighted by atomic mass is 32.2. The third-order valence-electron chi connectivity index (χ3n) is 5.14. The molecule has 0 aliphatic carbocycles. The lowest BCUT2D eigenvalue weighted by Gasteiger charge is -2.15. The van der Waals surface area contributed by atoms with Crippen LogP contribution < -0.4 is 5.48 Å². The van der Waals surface area contributed by atoms with Crippen LogP contribution in [0.15, 0.2) is 83.9 Å². The minimum Gasteiger partial charge on any atom is -0.289 e. The van der Waals surface area contributed by atoms with E-state index in [1.807, 2.05) is 30.3 Å². The number of hydrogen-bond donors (Lipinski definition) is 2. The first-order valence-corrected chi connectivity index (χ1v) is 11.8. The molecule has 8 heteroatoms. The number of carbonyl (C=O) groups is 2. The fourth-order valence-corrected chi connectivity index (χ4v) is 4.99. The molecular formula is C24H24N2O5S. The van der Waals surface area contributed by atoms with E-state index in [4.69, 9.17) is 5.21 Å². The van der Waals surface area contributed by atoms with Crippen molar-refractivity contribution in [2.75, 3.05) is 5.75 Å². The molecule has 0 spiro atoms. The highest BCUT2D eigenvalue weighted by Crippen LogP contribution is 2.20. The van der Waals surface area contributed by atoms with Crippen molar-refractivity contribution < 1.29 is 23.2 Å². The Kier molecular flexibility index (Phi) is 7.86. The number of rotatable bonds is 10. The van der Waals surface area contributed by atoms with Crippen LogP contribution in [0.4, 0.5) is 0 Å². The lowest BCUT2D eigenvalue weighted by atomic mass is 10.0. The number of nitrogens with zero attached hydrogens (tertiary/aromatic N) is 1. The molecule has 0 aliphatic heterocycles. The van der Waals surface area contributed by atoms with Gasteiger partial charge < -0.3 is 0 Å². The second-order valence-electron chi connectivity index (χ2n) is 7.40. The molecule has 0 aliphatic rings. The van der Waals surface area contributed by atoms with Gasteiger partial charge in [-0.25, -0.2) is 13.9 Å². The molecule has 0 saturated heterocycles. The molecule has 2 N–H and O–H groups in total. The van der Waals surface area contributed by atoms with Gasteiger partial charge in [0.25, 0.3) is 0 Å². The molecule has 2 aromatic carbocycles. The van der Waals surface area contributed by atoms with Gasteiger partial charge in [-0.1, -0.05) is 36.4 Å². The lowest BCUT2D eigenvalue weighted by Crippen LogP contribution is -2.33. The molecule has 1 unspecified atom stereocenters. The predicted octanol–water partition coefficient (Wildman–Crippen LogP) is 3.23. The van der Waals surface area contributed by atoms with E-state index in [0.717, 1.165) is 5.56 Å². The molecule has 3 rings (SSSR count). The topological polar surface area (TPSA) is 113 Å². The number of carbonyl (C=O) groups excluding carboxylic acids is 2. The third-order valence-corrected chi connectivity index (χ3v) is 6.97. The standard InChI is InChI=1S/C24H24N2O5S/c27-23(22-11-4-5-16-25-22)19-12-14-21(15-13-19)32(30,31)17-20(24(28)26-29)10-6-9-18-7-2-1-3-8-18/h1-5,7-8,11-16,20,29H,6,9-10,17H2,(H,26,28). The van der Waals surface area contributed by atoms with Crippen LogP contribution in [0.1, 0.15) is 34.5 Å². The SMILES string of the molecule is O=C(c1ccc(S(=O)(=O)CC(CCCc2ccccc2)C(=O)NO)cc1)c1ccccn1. The Balaban J connectivity index is 1.68. The number of sulfone groups is 1. The maximum absolute atomic E-state index is 12.9. The van der Waals surface area contributed by atoms with Gasteiger partial charge in [0, 0.05) is 11.8 Å². The van der Waals surface area contributed by atoms with Gasteiger partial charge in [-0.2, -0.15) is 0 Å². The molecule has 1 heterocycles. The minimum absolute atomic E-state index is 0.00821. The summed E-state index contributed by atoms with van der Waals surface area (Å²) in [6.45, 7) is 0. The number of aromatic nitrogens is 1. The molecular weight excluding hydrogens is 428 g/mol. The van der Waals surface area contributed by atoms with Gasteiger partial charge in [-0.3, -0.25) is 19.8 Å². The fourth-order valence-electron chi connectivity index (χ4n) is 3.40. The molecule has 0 saturated carbocycles. The molecule has 0 fully saturated rings. The molecule has 0 bridgehead atoms. The summed E-state index contributed by atoms with van der Waals surface area (Å²) in [5, 5.41) is 9.06. The van der Waals surface area contributed by atoms with Gasteiger partial charge in [0.1, 0.15) is 5.69 Å². The summed E-state index contributed by atoms with van der Waals surface area (Å²) in [4.78, 5) is 28.6. The summed E-state index contributed by atoms with van der Waals surface area (Å²) in [7, 11) is -3.82. The Hall–Kier alpha value is -3.36. The number of hydroxylamine groups is 1. The second kappa shape index (κ2) is 10.8. The highest BCUT2D eigenvalue weighted by molar-refractivity contribution is 7.91. The van der Waals surface area contributed by atoms with Gasteiger partial charge in [-0.15, -0.1) is 0 Å². The summed E-state index contributed by atoms with van der Waals surface area (Å²) in [5.74, 6) is -2.39. The van der Waals surface area contributed by atoms with Crippen LogP contribution >= 0.6 is 0 Å². The molecule has 32 heavy (non-hydrogen) atoms. The van der Waals surface area contributed by atoms with E-state index in [0.29, 0.717) is 24.8 Å². The first-order valence-electron chi connectivity index (χ1n) is 10.2. The third kappa shape index (κ3) is 6.09. The zero-order valence-electron chi connectivity index (χ0n) is 17.3. The van der Waals surface area contributed by atoms with E-state index in [1.54, 1.807) is 23.7 Å². The van der Waals surface area contributed by atoms with E-state index < -0.39 is 27.4 Å². The smallest absolute Gasteiger partial charge is 0.247 e. The molecule has 7 nitrogen and oxygen atoms in total. The van der Waals surface area contributed by atoms with Crippen molar-refractivity contribution in [1.82, 2.24) is 10.5 Å². The number of benzene rings is 2. The predicted molar refractivity (Wildman–Crippen MR) is 119 cm³/mol. The van der Waals surface area contributed by atoms with E-state index in [1.165, 1.54) is 30.5 Å². The van der Waals surface area contributed by atoms with Crippen LogP contribution in [0.5, 0.6) is 0 Å². The first-order chi connectivity index (χ1) is 15.4. The Morgan fingerprint density at radius 3 is 2.25 bits per heavy atom. The van der Waals surface area contributed by atoms with E-state index >= 15 is 0 Å². The lowest BCUT2D eigenvalue weighted by molar-refractivity contribution is -0.132. The average Bonchev–Trinajstić information content (AvgIpc) is 2.83. The van der Waals surface area contributed by atoms with Gasteiger partial charge in [0.05, 0.1) is 16.6 Å². The minimum atomic E-state index is -3.82. The Morgan fingerprint density at radius 1 is 0.938 bits per heavy atom. The number of ketones is 1. The molecule has 1 atom stereocenters. The summed E-state index contributed by atoms with van der Waals surface area (Å²) in [5.41, 5.74) is 3.24. The summed E-state index contributed by atoms with van der Waals surface area (Å²) < 4.78 is 25.8. The Bertz CT molecular complexity index is 1150. The molecule has 3 aromatic rings. The van der Waals surface area contributed by atoms with E-state index in [-0.39, 0.29) is 16.4 Å². The van der Waals surface area contributed by atoms with Crippen molar-refractivity contribution in [1.29, 1.82) is 0 Å². The average molecular weight is 453 g/mol. The molecule has 1 aromatic heterocycles. The van der Waals surface area contributed by atoms with Gasteiger partial charge in [-0.05, 0) is 61.2 Å². The molecule has 0 radical (unpaired) electrons. The van der Waals surface area contributed by atoms with Crippen LogP contribution in [0.2, 0.25) is 0 Å². The van der Waals surface area contributed by atoms with Crippen molar-refractivity contribution >= 4 is 21.5 Å². The maximum atomic E-state index is 12.9. The number of pyridine rings is 1. The largest absolute Gasteiger partial charge is 0.289 e. The van der Waals surface area contributed by atoms with Crippen LogP contribution in [-0.4, -0.2) is 36.1 Å². The normalized spacial score (nSPS) is 12.2. The van der Waals surface area contributed by atoms with Crippen molar-refractivity contribution in [3.63, 3.8) is 0 Å². The monoisotopic (exact) mass is 452 g/mol. The summed E-state index contributed by atoms with van der Waals surface area (Å²) >= 11 is 0. The second-order valence-corrected chi connectivity index (χ2v) is 9.43. The van der Waals surface area contributed by atoms with Crippen molar-refractivity contribution in [3.05, 3.63) is 95.8 Å². The Morgan fingerprint density at radius 2 is 1.62 bits per heavy atom. The number of amides is 1. The highest BCUT2D eigenvalue weighted by Gasteiger charge is 2.27. The quantitative estimate of drug-likeness (QED) is 0.277. The van der Waals surface area contributed by atoms with E-state index in [2.05, 4.69) is 4.98 Å². The number of hydrogen-bond acceptors (Lipinski definition) is 6. The summed E-state index contributed by atoms with van der Waals surface area (Å²) in [6.07, 6.45) is 3.10. The summed E-state index contributed by atoms with van der Waals surface area (Å²) in [6, 6.07) is 20.2. The van der Waals surface area contributed by atoms with Crippen LogP contribution in [0.25, 0.3) is 0 Å². The van der Waals surface area contributed by atoms with Gasteiger partial charge in [0.2, 0.25) is 11.7 Å². The Labute approximate surface area is 187 Å². The number of nitrogens with one attached hydrogen (secondary N) is 1. The van der Waals surface area contributed by atoms with E-state index in [9.17, 15) is 18.0 Å². The zero-order valence-corrected chi connectivity index (χ0v) is 18.2. The first kappa shape index (κ1) is 23.3. The van der Waals surface area contributed by atoms with Crippen molar-refractivity contribution in [2.45, 2.75) is 24.2 Å².